The number of nitrogens with two attached hydrogens (primary N) is 2. The molecule has 0 heterocycles. The van der Waals surface area contributed by atoms with Crippen LogP contribution in [0.1, 0.15) is 22.3 Å². The summed E-state index contributed by atoms with van der Waals surface area (Å²) in [6, 6.07) is 6.24. The van der Waals surface area contributed by atoms with Crippen molar-refractivity contribution in [1.82, 2.24) is 0 Å². The lowest BCUT2D eigenvalue weighted by molar-refractivity contribution is 0.100. The predicted octanol–water partition coefficient (Wildman–Crippen LogP) is 0.0491. The van der Waals surface area contributed by atoms with E-state index >= 15 is 0 Å². The van der Waals surface area contributed by atoms with Crippen LogP contribution in [-0.4, -0.2) is 26.6 Å². The molecule has 17 heavy (non-hydrogen) atoms. The zero-order valence-corrected chi connectivity index (χ0v) is 10.2. The molecule has 1 amide bonds. The number of benzene rings is 1. The third kappa shape index (κ3) is 4.54. The van der Waals surface area contributed by atoms with Crippen LogP contribution in [0.15, 0.2) is 24.3 Å². The van der Waals surface area contributed by atoms with Gasteiger partial charge in [0.1, 0.15) is 0 Å². The highest BCUT2D eigenvalue weighted by atomic mass is 32.2. The molecule has 1 aromatic carbocycles. The Morgan fingerprint density at radius 3 is 2.24 bits per heavy atom. The second-order valence-corrected chi connectivity index (χ2v) is 5.98. The summed E-state index contributed by atoms with van der Waals surface area (Å²) >= 11 is 0. The molecule has 0 bridgehead atoms. The average Bonchev–Trinajstić information content (AvgIpc) is 2.26. The molecule has 0 saturated carbocycles. The number of hydrogen-bond donors (Lipinski definition) is 2. The molecular weight excluding hydrogens is 240 g/mol. The van der Waals surface area contributed by atoms with Gasteiger partial charge >= 0.3 is 0 Å². The zero-order chi connectivity index (χ0) is 12.9. The number of carbonyl (C=O) groups excluding carboxylic acids is 1. The topological polar surface area (TPSA) is 103 Å². The van der Waals surface area contributed by atoms with Crippen molar-refractivity contribution in [3.05, 3.63) is 35.4 Å². The van der Waals surface area contributed by atoms with Gasteiger partial charge in [-0.3, -0.25) is 4.79 Å². The van der Waals surface area contributed by atoms with Crippen LogP contribution >= 0.6 is 0 Å². The van der Waals surface area contributed by atoms with E-state index in [1.165, 1.54) is 12.1 Å². The monoisotopic (exact) mass is 256 g/mol. The molecule has 0 fully saturated rings. The largest absolute Gasteiger partial charge is 0.366 e. The van der Waals surface area contributed by atoms with E-state index in [2.05, 4.69) is 0 Å². The SMILES string of the molecule is NCCCS(=O)(=O)Cc1ccc(C(N)=O)cc1. The molecule has 0 spiro atoms. The summed E-state index contributed by atoms with van der Waals surface area (Å²) in [5.41, 5.74) is 11.4. The Bertz CT molecular complexity index is 480. The zero-order valence-electron chi connectivity index (χ0n) is 9.43. The van der Waals surface area contributed by atoms with Crippen molar-refractivity contribution in [3.63, 3.8) is 0 Å². The first-order valence-corrected chi connectivity index (χ1v) is 7.06. The molecule has 0 aliphatic carbocycles. The molecule has 94 valence electrons. The van der Waals surface area contributed by atoms with E-state index in [1.54, 1.807) is 12.1 Å². The Kier molecular flexibility index (Phi) is 4.65. The standard InChI is InChI=1S/C11H16N2O3S/c12-6-1-7-17(15,16)8-9-2-4-10(5-3-9)11(13)14/h2-5H,1,6-8,12H2,(H2,13,14). The van der Waals surface area contributed by atoms with Crippen molar-refractivity contribution in [1.29, 1.82) is 0 Å². The van der Waals surface area contributed by atoms with Crippen LogP contribution in [0.4, 0.5) is 0 Å². The Labute approximate surface area is 101 Å². The van der Waals surface area contributed by atoms with Crippen molar-refractivity contribution in [3.8, 4) is 0 Å². The molecule has 0 aromatic heterocycles. The molecule has 0 radical (unpaired) electrons. The maximum absolute atomic E-state index is 11.6. The lowest BCUT2D eigenvalue weighted by atomic mass is 10.1. The van der Waals surface area contributed by atoms with E-state index in [4.69, 9.17) is 11.5 Å². The smallest absolute Gasteiger partial charge is 0.248 e. The fraction of sp³-hybridized carbons (Fsp3) is 0.364. The summed E-state index contributed by atoms with van der Waals surface area (Å²) in [4.78, 5) is 10.8. The first-order valence-electron chi connectivity index (χ1n) is 5.24. The second-order valence-electron chi connectivity index (χ2n) is 3.80. The highest BCUT2D eigenvalue weighted by Crippen LogP contribution is 2.09. The van der Waals surface area contributed by atoms with Crippen LogP contribution < -0.4 is 11.5 Å². The molecule has 0 aliphatic heterocycles. The quantitative estimate of drug-likeness (QED) is 0.750. The summed E-state index contributed by atoms with van der Waals surface area (Å²) in [6.07, 6.45) is 0.460. The summed E-state index contributed by atoms with van der Waals surface area (Å²) in [5.74, 6) is -0.477. The third-order valence-corrected chi connectivity index (χ3v) is 3.97. The van der Waals surface area contributed by atoms with Gasteiger partial charge in [0.2, 0.25) is 5.91 Å². The molecular formula is C11H16N2O3S. The lowest BCUT2D eigenvalue weighted by Gasteiger charge is -2.04. The van der Waals surface area contributed by atoms with Crippen LogP contribution in [0.25, 0.3) is 0 Å². The summed E-state index contributed by atoms with van der Waals surface area (Å²) in [7, 11) is -3.13. The first-order chi connectivity index (χ1) is 7.94. The van der Waals surface area contributed by atoms with Gasteiger partial charge in [0.15, 0.2) is 9.84 Å². The first kappa shape index (κ1) is 13.7. The molecule has 0 atom stereocenters. The van der Waals surface area contributed by atoms with Gasteiger partial charge in [-0.2, -0.15) is 0 Å². The van der Waals surface area contributed by atoms with Crippen molar-refractivity contribution in [2.75, 3.05) is 12.3 Å². The summed E-state index contributed by atoms with van der Waals surface area (Å²) < 4.78 is 23.3. The molecule has 1 aromatic rings. The lowest BCUT2D eigenvalue weighted by Crippen LogP contribution is -2.14. The van der Waals surface area contributed by atoms with Crippen molar-refractivity contribution < 1.29 is 13.2 Å². The molecule has 0 saturated heterocycles. The Morgan fingerprint density at radius 2 is 1.76 bits per heavy atom. The molecule has 0 unspecified atom stereocenters. The van der Waals surface area contributed by atoms with Gasteiger partial charge in [-0.25, -0.2) is 8.42 Å². The van der Waals surface area contributed by atoms with Gasteiger partial charge in [-0.1, -0.05) is 12.1 Å². The van der Waals surface area contributed by atoms with Gasteiger partial charge in [-0.05, 0) is 30.7 Å². The normalized spacial score (nSPS) is 11.4. The summed E-state index contributed by atoms with van der Waals surface area (Å²) in [6.45, 7) is 0.361. The fourth-order valence-electron chi connectivity index (χ4n) is 1.39. The van der Waals surface area contributed by atoms with Gasteiger partial charge in [-0.15, -0.1) is 0 Å². The second kappa shape index (κ2) is 5.79. The van der Waals surface area contributed by atoms with E-state index in [0.717, 1.165) is 0 Å². The van der Waals surface area contributed by atoms with Gasteiger partial charge < -0.3 is 11.5 Å². The molecule has 1 rings (SSSR count). The number of rotatable bonds is 6. The maximum atomic E-state index is 11.6. The van der Waals surface area contributed by atoms with E-state index in [1.807, 2.05) is 0 Å². The van der Waals surface area contributed by atoms with E-state index in [0.29, 0.717) is 24.1 Å². The van der Waals surface area contributed by atoms with E-state index < -0.39 is 15.7 Å². The van der Waals surface area contributed by atoms with Gasteiger partial charge in [0.25, 0.3) is 0 Å². The predicted molar refractivity (Wildman–Crippen MR) is 66.1 cm³/mol. The number of hydrogen-bond acceptors (Lipinski definition) is 4. The van der Waals surface area contributed by atoms with Gasteiger partial charge in [0, 0.05) is 5.56 Å². The number of sulfone groups is 1. The minimum atomic E-state index is -3.13. The van der Waals surface area contributed by atoms with Gasteiger partial charge in [0.05, 0.1) is 11.5 Å². The molecule has 5 nitrogen and oxygen atoms in total. The average molecular weight is 256 g/mol. The van der Waals surface area contributed by atoms with Crippen molar-refractivity contribution >= 4 is 15.7 Å². The minimum Gasteiger partial charge on any atom is -0.366 e. The van der Waals surface area contributed by atoms with E-state index in [9.17, 15) is 13.2 Å². The maximum Gasteiger partial charge on any atom is 0.248 e. The van der Waals surface area contributed by atoms with Crippen LogP contribution in [0.2, 0.25) is 0 Å². The van der Waals surface area contributed by atoms with Crippen LogP contribution in [0, 0.1) is 0 Å². The van der Waals surface area contributed by atoms with Crippen LogP contribution in [-0.2, 0) is 15.6 Å². The summed E-state index contributed by atoms with van der Waals surface area (Å²) in [5, 5.41) is 0. The highest BCUT2D eigenvalue weighted by Gasteiger charge is 2.11. The number of carbonyl (C=O) groups is 1. The molecule has 6 heteroatoms. The number of primary amides is 1. The van der Waals surface area contributed by atoms with Crippen LogP contribution in [0.5, 0.6) is 0 Å². The molecule has 0 aliphatic rings. The Morgan fingerprint density at radius 1 is 1.18 bits per heavy atom. The third-order valence-electron chi connectivity index (χ3n) is 2.28. The van der Waals surface area contributed by atoms with E-state index in [-0.39, 0.29) is 11.5 Å². The fourth-order valence-corrected chi connectivity index (χ4v) is 2.85. The number of amides is 1. The minimum absolute atomic E-state index is 0.0357. The molecule has 4 N–H and O–H groups in total. The Balaban J connectivity index is 2.72. The van der Waals surface area contributed by atoms with Crippen molar-refractivity contribution in [2.24, 2.45) is 11.5 Å². The Hall–Kier alpha value is -1.40. The van der Waals surface area contributed by atoms with Crippen LogP contribution in [0.3, 0.4) is 0 Å². The highest BCUT2D eigenvalue weighted by molar-refractivity contribution is 7.90. The van der Waals surface area contributed by atoms with Crippen molar-refractivity contribution in [2.45, 2.75) is 12.2 Å².